The van der Waals surface area contributed by atoms with Crippen LogP contribution in [-0.2, 0) is 13.0 Å². The van der Waals surface area contributed by atoms with E-state index < -0.39 is 0 Å². The Bertz CT molecular complexity index is 939. The lowest BCUT2D eigenvalue weighted by molar-refractivity contribution is 0.0675. The van der Waals surface area contributed by atoms with Crippen molar-refractivity contribution < 1.29 is 9.90 Å². The van der Waals surface area contributed by atoms with Crippen molar-refractivity contribution in [3.63, 3.8) is 0 Å². The molecule has 0 aromatic carbocycles. The first-order valence-electron chi connectivity index (χ1n) is 9.37. The molecule has 0 unspecified atom stereocenters. The van der Waals surface area contributed by atoms with Crippen molar-refractivity contribution >= 4 is 11.6 Å². The first-order chi connectivity index (χ1) is 13.1. The van der Waals surface area contributed by atoms with E-state index in [1.54, 1.807) is 0 Å². The van der Waals surface area contributed by atoms with E-state index in [0.29, 0.717) is 18.0 Å². The van der Waals surface area contributed by atoms with Gasteiger partial charge in [0.25, 0.3) is 5.91 Å². The summed E-state index contributed by atoms with van der Waals surface area (Å²) in [6.45, 7) is 4.34. The summed E-state index contributed by atoms with van der Waals surface area (Å²) in [5.74, 6) is 0.476. The number of aliphatic hydroxyl groups excluding tert-OH is 1. The molecule has 8 nitrogen and oxygen atoms in total. The largest absolute Gasteiger partial charge is 0.396 e. The second-order valence-electron chi connectivity index (χ2n) is 7.19. The highest BCUT2D eigenvalue weighted by Crippen LogP contribution is 2.21. The number of rotatable bonds is 5. The number of hydrogen-bond donors (Lipinski definition) is 1. The molecule has 8 heteroatoms. The molecule has 1 aliphatic rings. The van der Waals surface area contributed by atoms with E-state index >= 15 is 0 Å². The van der Waals surface area contributed by atoms with Gasteiger partial charge in [-0.05, 0) is 37.3 Å². The summed E-state index contributed by atoms with van der Waals surface area (Å²) in [7, 11) is 0. The minimum atomic E-state index is 0.00235. The number of piperidine rings is 1. The van der Waals surface area contributed by atoms with Crippen molar-refractivity contribution in [3.05, 3.63) is 47.7 Å². The lowest BCUT2D eigenvalue weighted by atomic mass is 9.96. The summed E-state index contributed by atoms with van der Waals surface area (Å²) in [5, 5.41) is 17.2. The summed E-state index contributed by atoms with van der Waals surface area (Å²) in [4.78, 5) is 19.2. The molecule has 1 amide bonds. The third kappa shape index (κ3) is 3.71. The van der Waals surface area contributed by atoms with Crippen LogP contribution in [0, 0.1) is 12.8 Å². The second-order valence-corrected chi connectivity index (χ2v) is 7.19. The molecule has 4 heterocycles. The van der Waals surface area contributed by atoms with Gasteiger partial charge in [0.1, 0.15) is 11.3 Å². The average molecular weight is 368 g/mol. The Labute approximate surface area is 157 Å². The van der Waals surface area contributed by atoms with Crippen LogP contribution in [0.4, 0.5) is 0 Å². The van der Waals surface area contributed by atoms with Gasteiger partial charge >= 0.3 is 0 Å². The SMILES string of the molecule is Cc1cccn2cc(C(=O)N3CCC(Cn4cc(CCO)nn4)CC3)nc12. The maximum atomic E-state index is 12.8. The van der Waals surface area contributed by atoms with E-state index in [1.165, 1.54) is 0 Å². The van der Waals surface area contributed by atoms with Gasteiger partial charge in [0.15, 0.2) is 0 Å². The first kappa shape index (κ1) is 17.7. The quantitative estimate of drug-likeness (QED) is 0.734. The molecular weight excluding hydrogens is 344 g/mol. The molecule has 142 valence electrons. The van der Waals surface area contributed by atoms with E-state index in [-0.39, 0.29) is 12.5 Å². The Balaban J connectivity index is 1.36. The van der Waals surface area contributed by atoms with Gasteiger partial charge in [0.2, 0.25) is 0 Å². The minimum Gasteiger partial charge on any atom is -0.396 e. The normalized spacial score (nSPS) is 15.6. The first-order valence-corrected chi connectivity index (χ1v) is 9.37. The van der Waals surface area contributed by atoms with E-state index in [1.807, 2.05) is 51.6 Å². The summed E-state index contributed by atoms with van der Waals surface area (Å²) < 4.78 is 3.75. The van der Waals surface area contributed by atoms with Gasteiger partial charge in [-0.25, -0.2) is 4.98 Å². The monoisotopic (exact) mass is 368 g/mol. The smallest absolute Gasteiger partial charge is 0.274 e. The average Bonchev–Trinajstić information content (AvgIpc) is 3.30. The van der Waals surface area contributed by atoms with Crippen LogP contribution in [0.5, 0.6) is 0 Å². The second kappa shape index (κ2) is 7.48. The Morgan fingerprint density at radius 3 is 2.85 bits per heavy atom. The van der Waals surface area contributed by atoms with Gasteiger partial charge in [0.05, 0.1) is 5.69 Å². The topological polar surface area (TPSA) is 88.5 Å². The van der Waals surface area contributed by atoms with Gasteiger partial charge < -0.3 is 14.4 Å². The van der Waals surface area contributed by atoms with Crippen molar-refractivity contribution in [2.24, 2.45) is 5.92 Å². The number of aromatic nitrogens is 5. The zero-order valence-corrected chi connectivity index (χ0v) is 15.5. The highest BCUT2D eigenvalue weighted by atomic mass is 16.3. The zero-order chi connectivity index (χ0) is 18.8. The highest BCUT2D eigenvalue weighted by Gasteiger charge is 2.25. The third-order valence-corrected chi connectivity index (χ3v) is 5.20. The molecule has 1 saturated heterocycles. The number of hydrogen-bond acceptors (Lipinski definition) is 5. The summed E-state index contributed by atoms with van der Waals surface area (Å²) >= 11 is 0. The molecule has 3 aromatic heterocycles. The molecular formula is C19H24N6O2. The van der Waals surface area contributed by atoms with Gasteiger partial charge in [-0.1, -0.05) is 11.3 Å². The summed E-state index contributed by atoms with van der Waals surface area (Å²) in [6, 6.07) is 3.96. The number of carbonyl (C=O) groups is 1. The van der Waals surface area contributed by atoms with Gasteiger partial charge in [-0.15, -0.1) is 5.10 Å². The molecule has 1 aliphatic heterocycles. The van der Waals surface area contributed by atoms with E-state index in [9.17, 15) is 4.79 Å². The lowest BCUT2D eigenvalue weighted by Gasteiger charge is -2.31. The molecule has 0 radical (unpaired) electrons. The standard InChI is InChI=1S/C19H24N6O2/c1-14-3-2-7-24-13-17(20-18(14)24)19(27)23-8-4-15(5-9-23)11-25-12-16(6-10-26)21-22-25/h2-3,7,12-13,15,26H,4-6,8-11H2,1H3. The van der Waals surface area contributed by atoms with Crippen LogP contribution in [0.1, 0.15) is 34.6 Å². The summed E-state index contributed by atoms with van der Waals surface area (Å²) in [5.41, 5.74) is 3.21. The minimum absolute atomic E-state index is 0.00235. The van der Waals surface area contributed by atoms with Crippen LogP contribution >= 0.6 is 0 Å². The Kier molecular flexibility index (Phi) is 4.89. The fourth-order valence-electron chi connectivity index (χ4n) is 3.66. The van der Waals surface area contributed by atoms with Crippen LogP contribution in [0.15, 0.2) is 30.7 Å². The van der Waals surface area contributed by atoms with Crippen LogP contribution in [0.2, 0.25) is 0 Å². The molecule has 0 bridgehead atoms. The van der Waals surface area contributed by atoms with Gasteiger partial charge in [0, 0.05) is 51.3 Å². The molecule has 1 fully saturated rings. The Morgan fingerprint density at radius 1 is 1.30 bits per heavy atom. The molecule has 0 saturated carbocycles. The zero-order valence-electron chi connectivity index (χ0n) is 15.5. The number of aliphatic hydroxyl groups is 1. The maximum absolute atomic E-state index is 12.8. The van der Waals surface area contributed by atoms with Crippen LogP contribution in [0.3, 0.4) is 0 Å². The molecule has 0 aliphatic carbocycles. The molecule has 3 aromatic rings. The molecule has 1 N–H and O–H groups in total. The predicted molar refractivity (Wildman–Crippen MR) is 99.4 cm³/mol. The van der Waals surface area contributed by atoms with Crippen molar-refractivity contribution in [1.82, 2.24) is 29.3 Å². The lowest BCUT2D eigenvalue weighted by Crippen LogP contribution is -2.39. The van der Waals surface area contributed by atoms with E-state index in [2.05, 4.69) is 15.3 Å². The number of aryl methyl sites for hydroxylation is 1. The van der Waals surface area contributed by atoms with Crippen molar-refractivity contribution in [2.45, 2.75) is 32.7 Å². The predicted octanol–water partition coefficient (Wildman–Crippen LogP) is 1.32. The van der Waals surface area contributed by atoms with Crippen LogP contribution in [-0.4, -0.2) is 60.0 Å². The van der Waals surface area contributed by atoms with E-state index in [0.717, 1.165) is 49.4 Å². The highest BCUT2D eigenvalue weighted by molar-refractivity contribution is 5.93. The number of nitrogens with zero attached hydrogens (tertiary/aromatic N) is 6. The molecule has 27 heavy (non-hydrogen) atoms. The Hall–Kier alpha value is -2.74. The number of amides is 1. The van der Waals surface area contributed by atoms with Crippen molar-refractivity contribution in [1.29, 1.82) is 0 Å². The van der Waals surface area contributed by atoms with Gasteiger partial charge in [-0.3, -0.25) is 9.48 Å². The fraction of sp³-hybridized carbons (Fsp3) is 0.474. The number of likely N-dealkylation sites (tertiary alicyclic amines) is 1. The van der Waals surface area contributed by atoms with Crippen LogP contribution in [0.25, 0.3) is 5.65 Å². The number of carbonyl (C=O) groups excluding carboxylic acids is 1. The van der Waals surface area contributed by atoms with Gasteiger partial charge in [-0.2, -0.15) is 0 Å². The molecule has 0 atom stereocenters. The maximum Gasteiger partial charge on any atom is 0.274 e. The number of imidazole rings is 1. The number of fused-ring (bicyclic) bond motifs is 1. The fourth-order valence-corrected chi connectivity index (χ4v) is 3.66. The van der Waals surface area contributed by atoms with E-state index in [4.69, 9.17) is 5.11 Å². The third-order valence-electron chi connectivity index (χ3n) is 5.20. The molecule has 4 rings (SSSR count). The molecule has 0 spiro atoms. The number of pyridine rings is 1. The Morgan fingerprint density at radius 2 is 2.11 bits per heavy atom. The van der Waals surface area contributed by atoms with Crippen LogP contribution < -0.4 is 0 Å². The van der Waals surface area contributed by atoms with Crippen molar-refractivity contribution in [2.75, 3.05) is 19.7 Å². The summed E-state index contributed by atoms with van der Waals surface area (Å²) in [6.07, 6.45) is 8.04. The van der Waals surface area contributed by atoms with Crippen molar-refractivity contribution in [3.8, 4) is 0 Å².